The first kappa shape index (κ1) is 26.2. The number of aryl methyl sites for hydroxylation is 2. The van der Waals surface area contributed by atoms with Gasteiger partial charge in [-0.05, 0) is 104 Å². The first-order valence-corrected chi connectivity index (χ1v) is 12.6. The zero-order valence-corrected chi connectivity index (χ0v) is 20.7. The molecular weight excluding hydrogens is 471 g/mol. The summed E-state index contributed by atoms with van der Waals surface area (Å²) in [6.07, 6.45) is 5.26. The third-order valence-electron chi connectivity index (χ3n) is 7.29. The number of halogens is 5. The van der Waals surface area contributed by atoms with Gasteiger partial charge in [0.2, 0.25) is 5.82 Å². The van der Waals surface area contributed by atoms with Crippen molar-refractivity contribution in [3.05, 3.63) is 88.2 Å². The van der Waals surface area contributed by atoms with Crippen LogP contribution in [0.1, 0.15) is 68.1 Å². The van der Waals surface area contributed by atoms with Gasteiger partial charge in [0.1, 0.15) is 5.82 Å². The molecule has 0 atom stereocenters. The molecule has 0 radical (unpaired) electrons. The van der Waals surface area contributed by atoms with E-state index in [4.69, 9.17) is 4.74 Å². The van der Waals surface area contributed by atoms with Crippen molar-refractivity contribution in [3.8, 4) is 16.9 Å². The molecule has 0 N–H and O–H groups in total. The number of ether oxygens (including phenoxy) is 1. The molecule has 0 aromatic heterocycles. The van der Waals surface area contributed by atoms with Crippen molar-refractivity contribution < 1.29 is 26.7 Å². The van der Waals surface area contributed by atoms with Crippen LogP contribution in [0.15, 0.2) is 42.5 Å². The molecule has 1 aliphatic carbocycles. The normalized spacial score (nSPS) is 17.9. The smallest absolute Gasteiger partial charge is 0.201 e. The quantitative estimate of drug-likeness (QED) is 0.279. The Kier molecular flexibility index (Phi) is 8.32. The largest absolute Gasteiger partial charge is 0.490 e. The average molecular weight is 503 g/mol. The van der Waals surface area contributed by atoms with Crippen LogP contribution in [0.5, 0.6) is 5.75 Å². The molecule has 36 heavy (non-hydrogen) atoms. The van der Waals surface area contributed by atoms with Gasteiger partial charge in [0.25, 0.3) is 0 Å². The molecule has 4 rings (SSSR count). The zero-order chi connectivity index (χ0) is 25.8. The van der Waals surface area contributed by atoms with Crippen LogP contribution < -0.4 is 4.74 Å². The fourth-order valence-electron chi connectivity index (χ4n) is 5.09. The molecule has 1 fully saturated rings. The Hall–Kier alpha value is -2.89. The molecule has 6 heteroatoms. The van der Waals surface area contributed by atoms with Crippen molar-refractivity contribution in [1.82, 2.24) is 0 Å². The molecule has 1 aliphatic rings. The van der Waals surface area contributed by atoms with Crippen LogP contribution in [-0.2, 0) is 6.42 Å². The first-order chi connectivity index (χ1) is 17.3. The van der Waals surface area contributed by atoms with Crippen molar-refractivity contribution >= 4 is 0 Å². The van der Waals surface area contributed by atoms with E-state index in [1.165, 1.54) is 18.2 Å². The van der Waals surface area contributed by atoms with Crippen LogP contribution in [0, 0.1) is 41.9 Å². The molecule has 0 heterocycles. The van der Waals surface area contributed by atoms with Gasteiger partial charge in [-0.15, -0.1) is 0 Å². The minimum absolute atomic E-state index is 0.00132. The van der Waals surface area contributed by atoms with Crippen LogP contribution in [0.2, 0.25) is 0 Å². The Morgan fingerprint density at radius 2 is 1.56 bits per heavy atom. The maximum atomic E-state index is 14.8. The maximum absolute atomic E-state index is 14.8. The highest BCUT2D eigenvalue weighted by Crippen LogP contribution is 2.39. The second kappa shape index (κ2) is 11.4. The van der Waals surface area contributed by atoms with Crippen LogP contribution >= 0.6 is 0 Å². The summed E-state index contributed by atoms with van der Waals surface area (Å²) in [4.78, 5) is 0. The first-order valence-electron chi connectivity index (χ1n) is 12.6. The standard InChI is InChI=1S/C30H31F5O/c1-3-16-36-26-15-14-24(29(34)30(26)35)22-12-11-21(25(31)17-22)10-7-19-5-8-20(9-6-19)23-13-4-18(2)27(32)28(23)33/h4,11-15,17,19-20H,3,5-10,16H2,1-2H3. The molecule has 0 aliphatic heterocycles. The van der Waals surface area contributed by atoms with Gasteiger partial charge in [0.05, 0.1) is 6.61 Å². The van der Waals surface area contributed by atoms with E-state index in [1.54, 1.807) is 31.2 Å². The van der Waals surface area contributed by atoms with Crippen molar-refractivity contribution in [2.45, 2.75) is 64.7 Å². The van der Waals surface area contributed by atoms with E-state index < -0.39 is 29.1 Å². The van der Waals surface area contributed by atoms with E-state index in [0.29, 0.717) is 35.4 Å². The summed E-state index contributed by atoms with van der Waals surface area (Å²) in [5, 5.41) is 0. The van der Waals surface area contributed by atoms with Gasteiger partial charge in [0, 0.05) is 5.56 Å². The fraction of sp³-hybridized carbons (Fsp3) is 0.400. The highest BCUT2D eigenvalue weighted by atomic mass is 19.2. The molecule has 3 aromatic rings. The number of benzene rings is 3. The topological polar surface area (TPSA) is 9.23 Å². The summed E-state index contributed by atoms with van der Waals surface area (Å²) in [5.74, 6) is -3.87. The third-order valence-corrected chi connectivity index (χ3v) is 7.29. The summed E-state index contributed by atoms with van der Waals surface area (Å²) >= 11 is 0. The van der Waals surface area contributed by atoms with E-state index in [2.05, 4.69) is 0 Å². The summed E-state index contributed by atoms with van der Waals surface area (Å²) in [5.41, 5.74) is 1.54. The van der Waals surface area contributed by atoms with Crippen molar-refractivity contribution in [1.29, 1.82) is 0 Å². The Bertz CT molecular complexity index is 1210. The van der Waals surface area contributed by atoms with E-state index in [9.17, 15) is 22.0 Å². The molecule has 0 bridgehead atoms. The third kappa shape index (κ3) is 5.58. The second-order valence-corrected chi connectivity index (χ2v) is 9.75. The number of rotatable bonds is 8. The predicted molar refractivity (Wildman–Crippen MR) is 132 cm³/mol. The fourth-order valence-corrected chi connectivity index (χ4v) is 5.09. The molecule has 1 saturated carbocycles. The molecule has 1 nitrogen and oxygen atoms in total. The van der Waals surface area contributed by atoms with Gasteiger partial charge in [-0.25, -0.2) is 17.6 Å². The molecule has 192 valence electrons. The average Bonchev–Trinajstić information content (AvgIpc) is 2.88. The minimum atomic E-state index is -1.07. The Balaban J connectivity index is 1.36. The molecule has 0 amide bonds. The highest BCUT2D eigenvalue weighted by Gasteiger charge is 2.26. The minimum Gasteiger partial charge on any atom is -0.490 e. The van der Waals surface area contributed by atoms with Gasteiger partial charge < -0.3 is 4.74 Å². The van der Waals surface area contributed by atoms with Crippen LogP contribution in [0.4, 0.5) is 22.0 Å². The van der Waals surface area contributed by atoms with Gasteiger partial charge in [-0.3, -0.25) is 0 Å². The Morgan fingerprint density at radius 1 is 0.806 bits per heavy atom. The van der Waals surface area contributed by atoms with Gasteiger partial charge >= 0.3 is 0 Å². The van der Waals surface area contributed by atoms with Gasteiger partial charge in [-0.1, -0.05) is 31.2 Å². The van der Waals surface area contributed by atoms with E-state index in [0.717, 1.165) is 32.1 Å². The number of hydrogen-bond acceptors (Lipinski definition) is 1. The van der Waals surface area contributed by atoms with E-state index >= 15 is 0 Å². The number of hydrogen-bond donors (Lipinski definition) is 0. The highest BCUT2D eigenvalue weighted by molar-refractivity contribution is 5.65. The molecule has 0 unspecified atom stereocenters. The van der Waals surface area contributed by atoms with Crippen LogP contribution in [-0.4, -0.2) is 6.61 Å². The Labute approximate surface area is 209 Å². The summed E-state index contributed by atoms with van der Waals surface area (Å²) in [7, 11) is 0. The lowest BCUT2D eigenvalue weighted by atomic mass is 9.76. The Morgan fingerprint density at radius 3 is 2.25 bits per heavy atom. The monoisotopic (exact) mass is 502 g/mol. The second-order valence-electron chi connectivity index (χ2n) is 9.75. The molecule has 0 spiro atoms. The van der Waals surface area contributed by atoms with Crippen LogP contribution in [0.25, 0.3) is 11.1 Å². The SMILES string of the molecule is CCCOc1ccc(-c2ccc(CCC3CCC(c4ccc(C)c(F)c4F)CC3)c(F)c2)c(F)c1F. The predicted octanol–water partition coefficient (Wildman–Crippen LogP) is 9.05. The van der Waals surface area contributed by atoms with Crippen LogP contribution in [0.3, 0.4) is 0 Å². The lowest BCUT2D eigenvalue weighted by Gasteiger charge is -2.29. The lowest BCUT2D eigenvalue weighted by molar-refractivity contribution is 0.295. The summed E-state index contributed by atoms with van der Waals surface area (Å²) in [6.45, 7) is 3.70. The van der Waals surface area contributed by atoms with Gasteiger partial charge in [0.15, 0.2) is 23.2 Å². The van der Waals surface area contributed by atoms with Crippen molar-refractivity contribution in [2.24, 2.45) is 5.92 Å². The van der Waals surface area contributed by atoms with Gasteiger partial charge in [-0.2, -0.15) is 4.39 Å². The van der Waals surface area contributed by atoms with E-state index in [-0.39, 0.29) is 29.4 Å². The molecule has 0 saturated heterocycles. The molecule has 3 aromatic carbocycles. The van der Waals surface area contributed by atoms with Crippen molar-refractivity contribution in [2.75, 3.05) is 6.61 Å². The van der Waals surface area contributed by atoms with Crippen molar-refractivity contribution in [3.63, 3.8) is 0 Å². The lowest BCUT2D eigenvalue weighted by Crippen LogP contribution is -2.15. The van der Waals surface area contributed by atoms with E-state index in [1.807, 2.05) is 6.92 Å². The molecular formula is C30H31F5O. The maximum Gasteiger partial charge on any atom is 0.201 e. The zero-order valence-electron chi connectivity index (χ0n) is 20.7. The summed E-state index contributed by atoms with van der Waals surface area (Å²) in [6, 6.07) is 10.6. The summed E-state index contributed by atoms with van der Waals surface area (Å²) < 4.78 is 77.3.